The number of anilines is 1. The van der Waals surface area contributed by atoms with Crippen LogP contribution in [0.15, 0.2) is 102 Å². The second-order valence-electron chi connectivity index (χ2n) is 9.88. The van der Waals surface area contributed by atoms with Gasteiger partial charge in [0.1, 0.15) is 12.6 Å². The van der Waals surface area contributed by atoms with Crippen molar-refractivity contribution >= 4 is 62.3 Å². The molecule has 0 aliphatic carbocycles. The molecule has 0 fully saturated rings. The molecule has 0 aromatic heterocycles. The van der Waals surface area contributed by atoms with Gasteiger partial charge in [-0.05, 0) is 66.6 Å². The third-order valence-electron chi connectivity index (χ3n) is 6.88. The Morgan fingerprint density at radius 1 is 0.837 bits per heavy atom. The minimum absolute atomic E-state index is 0.0142. The number of halogens is 3. The minimum Gasteiger partial charge on any atom is -0.357 e. The van der Waals surface area contributed by atoms with Crippen LogP contribution in [0, 0.1) is 6.92 Å². The van der Waals surface area contributed by atoms with Crippen molar-refractivity contribution in [3.8, 4) is 0 Å². The molecule has 0 spiro atoms. The lowest BCUT2D eigenvalue weighted by Gasteiger charge is -2.33. The number of benzene rings is 4. The zero-order valence-electron chi connectivity index (χ0n) is 23.5. The Bertz CT molecular complexity index is 1680. The minimum atomic E-state index is -4.21. The first-order valence-corrected chi connectivity index (χ1v) is 15.9. The van der Waals surface area contributed by atoms with Gasteiger partial charge >= 0.3 is 0 Å². The smallest absolute Gasteiger partial charge is 0.264 e. The van der Waals surface area contributed by atoms with Crippen LogP contribution in [0.25, 0.3) is 0 Å². The van der Waals surface area contributed by atoms with Crippen LogP contribution in [-0.4, -0.2) is 44.8 Å². The van der Waals surface area contributed by atoms with Crippen LogP contribution in [0.4, 0.5) is 5.69 Å². The number of rotatable bonds is 11. The van der Waals surface area contributed by atoms with Crippen LogP contribution in [-0.2, 0) is 32.6 Å². The van der Waals surface area contributed by atoms with E-state index in [0.29, 0.717) is 20.6 Å². The third kappa shape index (κ3) is 8.09. The summed E-state index contributed by atoms with van der Waals surface area (Å²) in [6.45, 7) is 1.19. The van der Waals surface area contributed by atoms with Gasteiger partial charge in [0.2, 0.25) is 11.8 Å². The predicted molar refractivity (Wildman–Crippen MR) is 172 cm³/mol. The molecule has 1 atom stereocenters. The number of nitrogens with zero attached hydrogens (tertiary/aromatic N) is 2. The summed E-state index contributed by atoms with van der Waals surface area (Å²) in [5.74, 6) is -1.03. The molecule has 0 aliphatic heterocycles. The standard InChI is InChI=1S/C32H30Cl3N3O4S/c1-22-8-16-28(17-9-22)43(41,42)38(27-14-12-25(33)13-15-27)21-31(39)37(20-24-10-11-26(34)19-29(24)35)30(32(40)36-2)18-23-6-4-3-5-7-23/h3-17,19,30H,18,20-21H2,1-2H3,(H,36,40)/t30-/m1/s1. The number of amides is 2. The first-order valence-electron chi connectivity index (χ1n) is 13.3. The van der Waals surface area contributed by atoms with Gasteiger partial charge in [-0.1, -0.05) is 88.9 Å². The van der Waals surface area contributed by atoms with Gasteiger partial charge in [0.15, 0.2) is 0 Å². The molecule has 0 radical (unpaired) electrons. The van der Waals surface area contributed by atoms with Gasteiger partial charge in [-0.15, -0.1) is 0 Å². The normalized spacial score (nSPS) is 11.9. The van der Waals surface area contributed by atoms with E-state index in [1.165, 1.54) is 36.2 Å². The number of hydrogen-bond donors (Lipinski definition) is 1. The van der Waals surface area contributed by atoms with Gasteiger partial charge in [-0.25, -0.2) is 8.42 Å². The molecule has 4 aromatic rings. The lowest BCUT2D eigenvalue weighted by Crippen LogP contribution is -2.53. The summed E-state index contributed by atoms with van der Waals surface area (Å²) in [6, 6.07) is 25.6. The average molecular weight is 659 g/mol. The summed E-state index contributed by atoms with van der Waals surface area (Å²) in [5.41, 5.74) is 2.48. The maximum atomic E-state index is 14.3. The van der Waals surface area contributed by atoms with Crippen LogP contribution >= 0.6 is 34.8 Å². The summed E-state index contributed by atoms with van der Waals surface area (Å²) >= 11 is 18.7. The highest BCUT2D eigenvalue weighted by molar-refractivity contribution is 7.92. The van der Waals surface area contributed by atoms with E-state index in [2.05, 4.69) is 5.32 Å². The largest absolute Gasteiger partial charge is 0.357 e. The predicted octanol–water partition coefficient (Wildman–Crippen LogP) is 6.54. The molecule has 4 aromatic carbocycles. The van der Waals surface area contributed by atoms with E-state index in [0.717, 1.165) is 15.4 Å². The van der Waals surface area contributed by atoms with Crippen molar-refractivity contribution < 1.29 is 18.0 Å². The van der Waals surface area contributed by atoms with E-state index in [9.17, 15) is 18.0 Å². The topological polar surface area (TPSA) is 86.8 Å². The molecular formula is C32H30Cl3N3O4S. The Balaban J connectivity index is 1.80. The quantitative estimate of drug-likeness (QED) is 0.198. The van der Waals surface area contributed by atoms with Crippen molar-refractivity contribution in [1.82, 2.24) is 10.2 Å². The molecule has 0 saturated heterocycles. The molecule has 7 nitrogen and oxygen atoms in total. The summed E-state index contributed by atoms with van der Waals surface area (Å²) < 4.78 is 29.0. The second kappa shape index (κ2) is 14.3. The van der Waals surface area contributed by atoms with Crippen LogP contribution in [0.5, 0.6) is 0 Å². The van der Waals surface area contributed by atoms with Gasteiger partial charge in [0.25, 0.3) is 10.0 Å². The van der Waals surface area contributed by atoms with Gasteiger partial charge in [0, 0.05) is 35.1 Å². The molecule has 0 unspecified atom stereocenters. The fourth-order valence-corrected chi connectivity index (χ4v) is 6.54. The molecule has 224 valence electrons. The highest BCUT2D eigenvalue weighted by Gasteiger charge is 2.34. The molecule has 0 heterocycles. The average Bonchev–Trinajstić information content (AvgIpc) is 2.99. The Morgan fingerprint density at radius 3 is 2.07 bits per heavy atom. The molecule has 1 N–H and O–H groups in total. The number of carbonyl (C=O) groups excluding carboxylic acids is 2. The Morgan fingerprint density at radius 2 is 1.47 bits per heavy atom. The number of carbonyl (C=O) groups is 2. The molecule has 0 bridgehead atoms. The van der Waals surface area contributed by atoms with Crippen molar-refractivity contribution in [1.29, 1.82) is 0 Å². The van der Waals surface area contributed by atoms with Crippen LogP contribution in [0.1, 0.15) is 16.7 Å². The molecule has 11 heteroatoms. The molecule has 43 heavy (non-hydrogen) atoms. The fraction of sp³-hybridized carbons (Fsp3) is 0.188. The summed E-state index contributed by atoms with van der Waals surface area (Å²) in [5, 5.41) is 3.78. The van der Waals surface area contributed by atoms with Crippen molar-refractivity contribution in [2.24, 2.45) is 0 Å². The van der Waals surface area contributed by atoms with Crippen molar-refractivity contribution in [3.05, 3.63) is 129 Å². The molecule has 2 amide bonds. The number of sulfonamides is 1. The highest BCUT2D eigenvalue weighted by Crippen LogP contribution is 2.28. The van der Waals surface area contributed by atoms with Gasteiger partial charge in [-0.3, -0.25) is 13.9 Å². The van der Waals surface area contributed by atoms with E-state index in [1.807, 2.05) is 37.3 Å². The number of hydrogen-bond acceptors (Lipinski definition) is 4. The number of likely N-dealkylation sites (N-methyl/N-ethyl adjacent to an activating group) is 1. The van der Waals surface area contributed by atoms with E-state index < -0.39 is 34.4 Å². The Kier molecular flexibility index (Phi) is 10.7. The monoisotopic (exact) mass is 657 g/mol. The van der Waals surface area contributed by atoms with E-state index in [1.54, 1.807) is 42.5 Å². The number of aryl methyl sites for hydroxylation is 1. The zero-order valence-corrected chi connectivity index (χ0v) is 26.6. The maximum absolute atomic E-state index is 14.3. The lowest BCUT2D eigenvalue weighted by molar-refractivity contribution is -0.139. The van der Waals surface area contributed by atoms with Crippen LogP contribution in [0.2, 0.25) is 15.1 Å². The van der Waals surface area contributed by atoms with Crippen LogP contribution in [0.3, 0.4) is 0 Å². The molecule has 4 rings (SSSR count). The zero-order chi connectivity index (χ0) is 31.1. The summed E-state index contributed by atoms with van der Waals surface area (Å²) in [6.07, 6.45) is 0.184. The van der Waals surface area contributed by atoms with Crippen molar-refractivity contribution in [2.45, 2.75) is 30.8 Å². The SMILES string of the molecule is CNC(=O)[C@@H](Cc1ccccc1)N(Cc1ccc(Cl)cc1Cl)C(=O)CN(c1ccc(Cl)cc1)S(=O)(=O)c1ccc(C)cc1. The van der Waals surface area contributed by atoms with E-state index in [-0.39, 0.29) is 23.5 Å². The van der Waals surface area contributed by atoms with Crippen molar-refractivity contribution in [2.75, 3.05) is 17.9 Å². The maximum Gasteiger partial charge on any atom is 0.264 e. The first-order chi connectivity index (χ1) is 20.5. The first kappa shape index (κ1) is 32.4. The highest BCUT2D eigenvalue weighted by atomic mass is 35.5. The van der Waals surface area contributed by atoms with Gasteiger partial charge in [0.05, 0.1) is 10.6 Å². The fourth-order valence-electron chi connectivity index (χ4n) is 4.53. The Hall–Kier alpha value is -3.56. The lowest BCUT2D eigenvalue weighted by atomic mass is 10.0. The molecule has 0 aliphatic rings. The van der Waals surface area contributed by atoms with E-state index in [4.69, 9.17) is 34.8 Å². The Labute approximate surface area is 267 Å². The van der Waals surface area contributed by atoms with E-state index >= 15 is 0 Å². The van der Waals surface area contributed by atoms with Gasteiger partial charge < -0.3 is 10.2 Å². The number of nitrogens with one attached hydrogen (secondary N) is 1. The van der Waals surface area contributed by atoms with Crippen molar-refractivity contribution in [3.63, 3.8) is 0 Å². The third-order valence-corrected chi connectivity index (χ3v) is 9.50. The van der Waals surface area contributed by atoms with Gasteiger partial charge in [-0.2, -0.15) is 0 Å². The second-order valence-corrected chi connectivity index (χ2v) is 13.0. The summed E-state index contributed by atoms with van der Waals surface area (Å²) in [7, 11) is -2.72. The van der Waals surface area contributed by atoms with Crippen LogP contribution < -0.4 is 9.62 Å². The molecular weight excluding hydrogens is 629 g/mol. The molecule has 0 saturated carbocycles. The summed E-state index contributed by atoms with van der Waals surface area (Å²) in [4.78, 5) is 29.0.